The Morgan fingerprint density at radius 2 is 1.41 bits per heavy atom. The van der Waals surface area contributed by atoms with Crippen molar-refractivity contribution < 1.29 is 23.1 Å². The highest BCUT2D eigenvalue weighted by Crippen LogP contribution is 2.18. The minimum atomic E-state index is -0.417. The minimum Gasteiger partial charge on any atom is -0.378 e. The Kier molecular flexibility index (Phi) is 8.07. The number of carbonyl (C=O) groups is 2. The van der Waals surface area contributed by atoms with Gasteiger partial charge in [-0.3, -0.25) is 9.59 Å². The fraction of sp³-hybridized carbons (Fsp3) is 0.263. The number of halogens is 4. The molecule has 0 bridgehead atoms. The van der Waals surface area contributed by atoms with Crippen molar-refractivity contribution in [3.8, 4) is 0 Å². The third kappa shape index (κ3) is 6.19. The highest BCUT2D eigenvalue weighted by Gasteiger charge is 2.19. The van der Waals surface area contributed by atoms with Crippen LogP contribution in [0.1, 0.15) is 27.6 Å². The first-order valence-corrected chi connectivity index (χ1v) is 9.66. The molecule has 0 aromatic heterocycles. The van der Waals surface area contributed by atoms with Gasteiger partial charge in [-0.1, -0.05) is 6.07 Å². The first kappa shape index (κ1) is 21.7. The lowest BCUT2D eigenvalue weighted by atomic mass is 10.1. The summed E-state index contributed by atoms with van der Waals surface area (Å²) in [6, 6.07) is 8.73. The largest absolute Gasteiger partial charge is 0.378 e. The molecule has 0 atom stereocenters. The van der Waals surface area contributed by atoms with E-state index in [0.717, 1.165) is 0 Å². The summed E-state index contributed by atoms with van der Waals surface area (Å²) in [5.41, 5.74) is 0.772. The molecule has 8 heteroatoms. The maximum Gasteiger partial charge on any atom is 0.254 e. The first-order valence-electron chi connectivity index (χ1n) is 8.07. The van der Waals surface area contributed by atoms with E-state index in [4.69, 9.17) is 4.74 Å². The second-order valence-corrected chi connectivity index (χ2v) is 7.43. The highest BCUT2D eigenvalue weighted by molar-refractivity contribution is 9.10. The number of hydrogen-bond donors (Lipinski definition) is 0. The van der Waals surface area contributed by atoms with Crippen molar-refractivity contribution >= 4 is 43.6 Å². The lowest BCUT2D eigenvalue weighted by molar-refractivity contribution is 0.0302. The summed E-state index contributed by atoms with van der Waals surface area (Å²) in [5.74, 6) is -1.09. The van der Waals surface area contributed by atoms with Crippen LogP contribution in [0.5, 0.6) is 0 Å². The van der Waals surface area contributed by atoms with Gasteiger partial charge in [-0.25, -0.2) is 8.78 Å². The molecule has 27 heavy (non-hydrogen) atoms. The molecule has 0 aliphatic carbocycles. The summed E-state index contributed by atoms with van der Waals surface area (Å²) < 4.78 is 31.9. The molecule has 1 fully saturated rings. The number of ether oxygens (including phenoxy) is 1. The fourth-order valence-electron chi connectivity index (χ4n) is 2.29. The molecule has 1 heterocycles. The maximum absolute atomic E-state index is 13.3. The fourth-order valence-corrected chi connectivity index (χ4v) is 2.79. The van der Waals surface area contributed by atoms with E-state index in [1.54, 1.807) is 23.1 Å². The smallest absolute Gasteiger partial charge is 0.254 e. The van der Waals surface area contributed by atoms with Gasteiger partial charge in [0.25, 0.3) is 5.91 Å². The standard InChI is InChI=1S/C11H11BrFNO2.C8H6BrFO/c12-9-2-1-8(7-10(9)13)11(15)14-3-5-16-6-4-14;1-5(11)6-2-3-7(9)8(10)4-6/h1-2,7H,3-6H2;2-4H,1H3. The van der Waals surface area contributed by atoms with E-state index >= 15 is 0 Å². The van der Waals surface area contributed by atoms with Crippen LogP contribution >= 0.6 is 31.9 Å². The van der Waals surface area contributed by atoms with Crippen LogP contribution in [-0.4, -0.2) is 42.9 Å². The van der Waals surface area contributed by atoms with Gasteiger partial charge in [0.2, 0.25) is 0 Å². The minimum absolute atomic E-state index is 0.128. The Hall–Kier alpha value is -1.64. The van der Waals surface area contributed by atoms with Crippen molar-refractivity contribution in [2.75, 3.05) is 26.3 Å². The van der Waals surface area contributed by atoms with E-state index in [9.17, 15) is 18.4 Å². The lowest BCUT2D eigenvalue weighted by Gasteiger charge is -2.26. The van der Waals surface area contributed by atoms with Crippen LogP contribution in [0.25, 0.3) is 0 Å². The van der Waals surface area contributed by atoms with Gasteiger partial charge in [-0.05, 0) is 69.1 Å². The summed E-state index contributed by atoms with van der Waals surface area (Å²) in [7, 11) is 0. The molecule has 1 aliphatic rings. The Morgan fingerprint density at radius 1 is 0.926 bits per heavy atom. The van der Waals surface area contributed by atoms with Gasteiger partial charge in [0.05, 0.1) is 22.2 Å². The molecule has 2 aromatic carbocycles. The molecule has 3 rings (SSSR count). The Balaban J connectivity index is 0.000000208. The normalized spacial score (nSPS) is 13.6. The van der Waals surface area contributed by atoms with E-state index in [1.165, 1.54) is 25.1 Å². The number of ketones is 1. The third-order valence-corrected chi connectivity index (χ3v) is 5.08. The third-order valence-electron chi connectivity index (χ3n) is 3.79. The molecule has 0 saturated carbocycles. The Labute approximate surface area is 172 Å². The Bertz CT molecular complexity index is 840. The summed E-state index contributed by atoms with van der Waals surface area (Å²) in [5, 5.41) is 0. The van der Waals surface area contributed by atoms with Gasteiger partial charge < -0.3 is 9.64 Å². The van der Waals surface area contributed by atoms with Crippen molar-refractivity contribution in [2.24, 2.45) is 0 Å². The molecule has 0 N–H and O–H groups in total. The SMILES string of the molecule is CC(=O)c1ccc(Br)c(F)c1.O=C(c1ccc(Br)c(F)c1)N1CCOCC1. The number of benzene rings is 2. The monoisotopic (exact) mass is 503 g/mol. The molecule has 4 nitrogen and oxygen atoms in total. The topological polar surface area (TPSA) is 46.6 Å². The Morgan fingerprint density at radius 3 is 1.89 bits per heavy atom. The van der Waals surface area contributed by atoms with Gasteiger partial charge in [0.15, 0.2) is 5.78 Å². The van der Waals surface area contributed by atoms with E-state index in [0.29, 0.717) is 46.4 Å². The zero-order valence-corrected chi connectivity index (χ0v) is 17.6. The molecule has 0 spiro atoms. The van der Waals surface area contributed by atoms with Gasteiger partial charge in [-0.2, -0.15) is 0 Å². The van der Waals surface area contributed by atoms with Gasteiger partial charge in [-0.15, -0.1) is 0 Å². The number of Topliss-reactive ketones (excluding diaryl/α,β-unsaturated/α-hetero) is 1. The molecule has 144 valence electrons. The molecular weight excluding hydrogens is 488 g/mol. The number of hydrogen-bond acceptors (Lipinski definition) is 3. The molecule has 2 aromatic rings. The predicted octanol–water partition coefficient (Wildman–Crippen LogP) is 4.85. The van der Waals surface area contributed by atoms with Gasteiger partial charge in [0.1, 0.15) is 11.6 Å². The number of nitrogens with zero attached hydrogens (tertiary/aromatic N) is 1. The molecule has 1 amide bonds. The van der Waals surface area contributed by atoms with Crippen LogP contribution in [0, 0.1) is 11.6 Å². The van der Waals surface area contributed by atoms with Crippen LogP contribution in [-0.2, 0) is 4.74 Å². The second-order valence-electron chi connectivity index (χ2n) is 5.72. The van der Waals surface area contributed by atoms with E-state index in [-0.39, 0.29) is 11.7 Å². The summed E-state index contributed by atoms with van der Waals surface area (Å²) in [6.45, 7) is 3.63. The zero-order valence-electron chi connectivity index (χ0n) is 14.5. The van der Waals surface area contributed by atoms with Crippen molar-refractivity contribution in [3.63, 3.8) is 0 Å². The van der Waals surface area contributed by atoms with E-state index < -0.39 is 11.6 Å². The maximum atomic E-state index is 13.3. The van der Waals surface area contributed by atoms with E-state index in [1.807, 2.05) is 0 Å². The number of carbonyl (C=O) groups excluding carboxylic acids is 2. The molecular formula is C19H17Br2F2NO3. The van der Waals surface area contributed by atoms with Crippen LogP contribution in [0.2, 0.25) is 0 Å². The predicted molar refractivity (Wildman–Crippen MR) is 105 cm³/mol. The lowest BCUT2D eigenvalue weighted by Crippen LogP contribution is -2.40. The quantitative estimate of drug-likeness (QED) is 0.549. The second kappa shape index (κ2) is 10.1. The van der Waals surface area contributed by atoms with Crippen LogP contribution in [0.3, 0.4) is 0 Å². The average molecular weight is 505 g/mol. The van der Waals surface area contributed by atoms with Crippen LogP contribution in [0.15, 0.2) is 45.3 Å². The summed E-state index contributed by atoms with van der Waals surface area (Å²) in [4.78, 5) is 24.4. The molecule has 0 radical (unpaired) electrons. The number of rotatable bonds is 2. The van der Waals surface area contributed by atoms with Crippen LogP contribution in [0.4, 0.5) is 8.78 Å². The van der Waals surface area contributed by atoms with E-state index in [2.05, 4.69) is 31.9 Å². The number of amides is 1. The zero-order chi connectivity index (χ0) is 20.0. The average Bonchev–Trinajstić information content (AvgIpc) is 2.66. The van der Waals surface area contributed by atoms with Gasteiger partial charge in [0, 0.05) is 24.2 Å². The molecule has 0 unspecified atom stereocenters. The summed E-state index contributed by atoms with van der Waals surface area (Å²) in [6.07, 6.45) is 0. The van der Waals surface area contributed by atoms with Crippen LogP contribution < -0.4 is 0 Å². The number of morpholine rings is 1. The van der Waals surface area contributed by atoms with Crippen molar-refractivity contribution in [1.29, 1.82) is 0 Å². The van der Waals surface area contributed by atoms with Crippen molar-refractivity contribution in [3.05, 3.63) is 68.1 Å². The highest BCUT2D eigenvalue weighted by atomic mass is 79.9. The van der Waals surface area contributed by atoms with Crippen molar-refractivity contribution in [1.82, 2.24) is 4.90 Å². The van der Waals surface area contributed by atoms with Crippen molar-refractivity contribution in [2.45, 2.75) is 6.92 Å². The van der Waals surface area contributed by atoms with Gasteiger partial charge >= 0.3 is 0 Å². The summed E-state index contributed by atoms with van der Waals surface area (Å²) >= 11 is 6.05. The molecule has 1 saturated heterocycles. The molecule has 1 aliphatic heterocycles. The first-order chi connectivity index (χ1) is 12.8.